The van der Waals surface area contributed by atoms with Gasteiger partial charge >= 0.3 is 0 Å². The summed E-state index contributed by atoms with van der Waals surface area (Å²) in [6.07, 6.45) is 1.90. The van der Waals surface area contributed by atoms with Gasteiger partial charge in [-0.25, -0.2) is 4.98 Å². The summed E-state index contributed by atoms with van der Waals surface area (Å²) in [6, 6.07) is 4.84. The van der Waals surface area contributed by atoms with Crippen LogP contribution in [-0.4, -0.2) is 43.1 Å². The quantitative estimate of drug-likeness (QED) is 0.880. The summed E-state index contributed by atoms with van der Waals surface area (Å²) in [5, 5.41) is 0. The molecule has 0 spiro atoms. The summed E-state index contributed by atoms with van der Waals surface area (Å²) in [5.74, 6) is 1.74. The van der Waals surface area contributed by atoms with Gasteiger partial charge in [-0.1, -0.05) is 13.0 Å². The first-order valence-corrected chi connectivity index (χ1v) is 6.62. The molecule has 1 aliphatic rings. The topological polar surface area (TPSA) is 45.4 Å². The molecule has 2 rings (SSSR count). The Hall–Kier alpha value is -1.13. The Balaban J connectivity index is 2.09. The summed E-state index contributed by atoms with van der Waals surface area (Å²) in [6.45, 7) is 6.42. The maximum atomic E-state index is 5.84. The van der Waals surface area contributed by atoms with Crippen LogP contribution in [0.25, 0.3) is 0 Å². The summed E-state index contributed by atoms with van der Waals surface area (Å²) >= 11 is 0. The summed E-state index contributed by atoms with van der Waals surface area (Å²) in [7, 11) is 4.30. The number of aromatic nitrogens is 1. The number of anilines is 1. The average molecular weight is 248 g/mol. The van der Waals surface area contributed by atoms with Crippen LogP contribution in [0.2, 0.25) is 0 Å². The Kier molecular flexibility index (Phi) is 3.88. The van der Waals surface area contributed by atoms with Crippen molar-refractivity contribution in [2.75, 3.05) is 32.1 Å². The van der Waals surface area contributed by atoms with Gasteiger partial charge in [0, 0.05) is 31.4 Å². The van der Waals surface area contributed by atoms with E-state index in [0.29, 0.717) is 12.0 Å². The molecule has 2 unspecified atom stereocenters. The van der Waals surface area contributed by atoms with Gasteiger partial charge in [0.15, 0.2) is 0 Å². The molecule has 2 heterocycles. The van der Waals surface area contributed by atoms with Gasteiger partial charge in [0.1, 0.15) is 5.82 Å². The van der Waals surface area contributed by atoms with Gasteiger partial charge in [-0.3, -0.25) is 0 Å². The molecule has 1 saturated heterocycles. The molecule has 1 aliphatic heterocycles. The minimum Gasteiger partial charge on any atom is -0.355 e. The first-order valence-electron chi connectivity index (χ1n) is 6.62. The van der Waals surface area contributed by atoms with E-state index in [1.807, 2.05) is 13.1 Å². The molecule has 2 N–H and O–H groups in total. The van der Waals surface area contributed by atoms with Crippen LogP contribution in [0.1, 0.15) is 25.5 Å². The van der Waals surface area contributed by atoms with Crippen LogP contribution < -0.4 is 10.6 Å². The maximum absolute atomic E-state index is 5.84. The molecule has 0 aliphatic carbocycles. The van der Waals surface area contributed by atoms with Gasteiger partial charge < -0.3 is 15.5 Å². The van der Waals surface area contributed by atoms with Crippen LogP contribution in [0.3, 0.4) is 0 Å². The van der Waals surface area contributed by atoms with Gasteiger partial charge in [-0.15, -0.1) is 0 Å². The second kappa shape index (κ2) is 5.24. The van der Waals surface area contributed by atoms with E-state index >= 15 is 0 Å². The zero-order chi connectivity index (χ0) is 13.3. The van der Waals surface area contributed by atoms with Crippen LogP contribution >= 0.6 is 0 Å². The minimum atomic E-state index is 0.0542. The lowest BCUT2D eigenvalue weighted by Gasteiger charge is -2.22. The third kappa shape index (κ3) is 2.65. The Morgan fingerprint density at radius 3 is 2.56 bits per heavy atom. The molecule has 4 nitrogen and oxygen atoms in total. The molecule has 1 fully saturated rings. The fourth-order valence-corrected chi connectivity index (χ4v) is 2.66. The number of hydrogen-bond donors (Lipinski definition) is 1. The number of nitrogens with zero attached hydrogens (tertiary/aromatic N) is 3. The number of pyridine rings is 1. The molecule has 100 valence electrons. The zero-order valence-corrected chi connectivity index (χ0v) is 11.8. The highest BCUT2D eigenvalue weighted by Gasteiger charge is 2.31. The van der Waals surface area contributed by atoms with E-state index in [1.165, 1.54) is 0 Å². The van der Waals surface area contributed by atoms with Crippen LogP contribution in [0, 0.1) is 5.92 Å². The van der Waals surface area contributed by atoms with E-state index in [2.05, 4.69) is 47.9 Å². The minimum absolute atomic E-state index is 0.0542. The number of nitrogens with two attached hydrogens (primary N) is 1. The summed E-state index contributed by atoms with van der Waals surface area (Å²) in [5.41, 5.74) is 6.93. The normalized spacial score (nSPS) is 25.8. The van der Waals surface area contributed by atoms with E-state index < -0.39 is 0 Å². The number of likely N-dealkylation sites (N-methyl/N-ethyl adjacent to an activating group) is 1. The van der Waals surface area contributed by atoms with Crippen molar-refractivity contribution in [3.8, 4) is 0 Å². The van der Waals surface area contributed by atoms with Gasteiger partial charge in [-0.05, 0) is 38.6 Å². The molecule has 0 saturated carbocycles. The maximum Gasteiger partial charge on any atom is 0.128 e. The van der Waals surface area contributed by atoms with Crippen molar-refractivity contribution in [3.05, 3.63) is 23.9 Å². The molecule has 0 bridgehead atoms. The lowest BCUT2D eigenvalue weighted by molar-refractivity contribution is 0.266. The highest BCUT2D eigenvalue weighted by Crippen LogP contribution is 2.25. The smallest absolute Gasteiger partial charge is 0.128 e. The van der Waals surface area contributed by atoms with Gasteiger partial charge in [-0.2, -0.15) is 0 Å². The zero-order valence-electron chi connectivity index (χ0n) is 11.8. The van der Waals surface area contributed by atoms with Crippen molar-refractivity contribution in [3.63, 3.8) is 0 Å². The molecule has 1 aromatic rings. The molecule has 4 heteroatoms. The first-order chi connectivity index (χ1) is 8.49. The SMILES string of the molecule is CC1CN(c2ccc([C@H](C)N)cn2)CC1N(C)C. The predicted octanol–water partition coefficient (Wildman–Crippen LogP) is 1.49. The molecule has 0 aromatic carbocycles. The van der Waals surface area contributed by atoms with Crippen molar-refractivity contribution in [1.82, 2.24) is 9.88 Å². The van der Waals surface area contributed by atoms with Gasteiger partial charge in [0.05, 0.1) is 0 Å². The monoisotopic (exact) mass is 248 g/mol. The Labute approximate surface area is 110 Å². The Bertz CT molecular complexity index is 385. The largest absolute Gasteiger partial charge is 0.355 e. The highest BCUT2D eigenvalue weighted by molar-refractivity contribution is 5.41. The molecule has 3 atom stereocenters. The van der Waals surface area contributed by atoms with E-state index in [-0.39, 0.29) is 6.04 Å². The second-order valence-electron chi connectivity index (χ2n) is 5.65. The first kappa shape index (κ1) is 13.3. The lowest BCUT2D eigenvalue weighted by atomic mass is 10.1. The van der Waals surface area contributed by atoms with Gasteiger partial charge in [0.2, 0.25) is 0 Å². The van der Waals surface area contributed by atoms with E-state index in [0.717, 1.165) is 24.5 Å². The second-order valence-corrected chi connectivity index (χ2v) is 5.65. The van der Waals surface area contributed by atoms with Crippen LogP contribution in [0.4, 0.5) is 5.82 Å². The fraction of sp³-hybridized carbons (Fsp3) is 0.643. The predicted molar refractivity (Wildman–Crippen MR) is 75.7 cm³/mol. The average Bonchev–Trinajstić information content (AvgIpc) is 2.71. The standard InChI is InChI=1S/C14H24N4/c1-10-8-18(9-13(10)17(3)4)14-6-5-12(7-16-14)11(2)15/h5-7,10-11,13H,8-9,15H2,1-4H3/t10?,11-,13?/m0/s1. The summed E-state index contributed by atoms with van der Waals surface area (Å²) in [4.78, 5) is 9.21. The van der Waals surface area contributed by atoms with Crippen LogP contribution in [-0.2, 0) is 0 Å². The van der Waals surface area contributed by atoms with Crippen molar-refractivity contribution in [1.29, 1.82) is 0 Å². The van der Waals surface area contributed by atoms with E-state index in [4.69, 9.17) is 5.73 Å². The molecular formula is C14H24N4. The molecule has 18 heavy (non-hydrogen) atoms. The van der Waals surface area contributed by atoms with Crippen LogP contribution in [0.5, 0.6) is 0 Å². The van der Waals surface area contributed by atoms with Crippen molar-refractivity contribution >= 4 is 5.82 Å². The number of hydrogen-bond acceptors (Lipinski definition) is 4. The Morgan fingerprint density at radius 2 is 2.11 bits per heavy atom. The third-order valence-corrected chi connectivity index (χ3v) is 3.86. The van der Waals surface area contributed by atoms with Gasteiger partial charge in [0.25, 0.3) is 0 Å². The highest BCUT2D eigenvalue weighted by atomic mass is 15.3. The molecule has 0 radical (unpaired) electrons. The van der Waals surface area contributed by atoms with Crippen LogP contribution in [0.15, 0.2) is 18.3 Å². The molecule has 1 aromatic heterocycles. The third-order valence-electron chi connectivity index (χ3n) is 3.86. The number of rotatable bonds is 3. The molecular weight excluding hydrogens is 224 g/mol. The van der Waals surface area contributed by atoms with E-state index in [1.54, 1.807) is 0 Å². The fourth-order valence-electron chi connectivity index (χ4n) is 2.66. The lowest BCUT2D eigenvalue weighted by Crippen LogP contribution is -2.34. The summed E-state index contributed by atoms with van der Waals surface area (Å²) < 4.78 is 0. The Morgan fingerprint density at radius 1 is 1.39 bits per heavy atom. The van der Waals surface area contributed by atoms with Crippen molar-refractivity contribution in [2.24, 2.45) is 11.7 Å². The molecule has 0 amide bonds. The van der Waals surface area contributed by atoms with E-state index in [9.17, 15) is 0 Å². The van der Waals surface area contributed by atoms with Crippen molar-refractivity contribution < 1.29 is 0 Å². The van der Waals surface area contributed by atoms with Crippen molar-refractivity contribution in [2.45, 2.75) is 25.9 Å².